The summed E-state index contributed by atoms with van der Waals surface area (Å²) in [6.07, 6.45) is 7.41. The maximum absolute atomic E-state index is 6.74. The number of hydrogen-bond acceptors (Lipinski definition) is 4. The molecule has 0 N–H and O–H groups in total. The smallest absolute Gasteiger partial charge is 0.0727 e. The molecule has 6 heteroatoms. The second kappa shape index (κ2) is 24.9. The van der Waals surface area contributed by atoms with Crippen molar-refractivity contribution in [3.8, 4) is 33.4 Å². The SMILES string of the molecule is C=Cc1ccc(COCc2cc(COCc3ccc(C=C)cc3)c(-c3c(COCc4ccc(C=C)cc4)cc(COCc4ccc(C=C)cc4)cc3-c3ccc(Br)cc3)c(-c3ccc(Br)cc3)c2)cc1. The van der Waals surface area contributed by atoms with E-state index in [0.29, 0.717) is 52.9 Å². The van der Waals surface area contributed by atoms with Gasteiger partial charge in [-0.05, 0) is 137 Å². The van der Waals surface area contributed by atoms with Crippen LogP contribution in [0.15, 0.2) is 205 Å². The van der Waals surface area contributed by atoms with Gasteiger partial charge in [-0.25, -0.2) is 0 Å². The molecule has 0 heterocycles. The molecular formula is C64H56Br2O4. The lowest BCUT2D eigenvalue weighted by molar-refractivity contribution is 0.103. The van der Waals surface area contributed by atoms with E-state index in [2.05, 4.69) is 228 Å². The number of hydrogen-bond donors (Lipinski definition) is 0. The molecule has 0 aliphatic heterocycles. The van der Waals surface area contributed by atoms with Crippen LogP contribution in [0.1, 0.15) is 66.8 Å². The lowest BCUT2D eigenvalue weighted by atomic mass is 9.82. The molecule has 8 rings (SSSR count). The van der Waals surface area contributed by atoms with Gasteiger partial charge in [-0.1, -0.05) is 216 Å². The first-order valence-corrected chi connectivity index (χ1v) is 24.9. The fourth-order valence-electron chi connectivity index (χ4n) is 8.37. The Balaban J connectivity index is 1.28. The Morgan fingerprint density at radius 2 is 0.557 bits per heavy atom. The minimum Gasteiger partial charge on any atom is -0.372 e. The average Bonchev–Trinajstić information content (AvgIpc) is 3.40. The van der Waals surface area contributed by atoms with Crippen molar-refractivity contribution < 1.29 is 18.9 Å². The van der Waals surface area contributed by atoms with Gasteiger partial charge < -0.3 is 18.9 Å². The summed E-state index contributed by atoms with van der Waals surface area (Å²) in [6.45, 7) is 19.0. The van der Waals surface area contributed by atoms with Gasteiger partial charge in [-0.3, -0.25) is 0 Å². The lowest BCUT2D eigenvalue weighted by Crippen LogP contribution is -2.07. The quantitative estimate of drug-likeness (QED) is 0.0640. The Labute approximate surface area is 430 Å². The third-order valence-electron chi connectivity index (χ3n) is 12.1. The highest BCUT2D eigenvalue weighted by Crippen LogP contribution is 2.45. The van der Waals surface area contributed by atoms with E-state index in [1.807, 2.05) is 24.3 Å². The lowest BCUT2D eigenvalue weighted by Gasteiger charge is -2.25. The topological polar surface area (TPSA) is 36.9 Å². The van der Waals surface area contributed by atoms with Crippen LogP contribution in [0.25, 0.3) is 57.7 Å². The molecule has 0 spiro atoms. The van der Waals surface area contributed by atoms with Crippen molar-refractivity contribution in [1.82, 2.24) is 0 Å². The monoisotopic (exact) mass is 1050 g/mol. The average molecular weight is 1050 g/mol. The molecule has 0 unspecified atom stereocenters. The summed E-state index contributed by atoms with van der Waals surface area (Å²) >= 11 is 7.43. The van der Waals surface area contributed by atoms with Crippen molar-refractivity contribution in [3.05, 3.63) is 272 Å². The van der Waals surface area contributed by atoms with Gasteiger partial charge in [-0.2, -0.15) is 0 Å². The molecule has 0 aliphatic carbocycles. The first kappa shape index (κ1) is 49.9. The van der Waals surface area contributed by atoms with Gasteiger partial charge in [0.25, 0.3) is 0 Å². The van der Waals surface area contributed by atoms with Crippen LogP contribution in [0.4, 0.5) is 0 Å². The van der Waals surface area contributed by atoms with Crippen LogP contribution >= 0.6 is 31.9 Å². The van der Waals surface area contributed by atoms with E-state index in [1.165, 1.54) is 0 Å². The fourth-order valence-corrected chi connectivity index (χ4v) is 8.89. The number of halogens is 2. The standard InChI is InChI=1S/C64H56Br2O4/c1-5-45-9-17-49(18-10-45)37-67-41-53-33-57(43-69-39-51-21-13-47(7-3)14-22-51)63(61(35-53)55-25-29-59(65)30-26-55)64-58(44-70-40-52-23-15-48(8-4)16-24-52)34-54(36-62(64)56-27-31-60(66)32-28-56)42-68-38-50-19-11-46(6-2)12-20-50/h5-36H,1-4,37-44H2. The molecule has 350 valence electrons. The summed E-state index contributed by atoms with van der Waals surface area (Å²) in [5.74, 6) is 0. The van der Waals surface area contributed by atoms with Gasteiger partial charge >= 0.3 is 0 Å². The van der Waals surface area contributed by atoms with E-state index < -0.39 is 0 Å². The van der Waals surface area contributed by atoms with Gasteiger partial charge in [0.2, 0.25) is 0 Å². The predicted molar refractivity (Wildman–Crippen MR) is 298 cm³/mol. The van der Waals surface area contributed by atoms with Crippen LogP contribution in [0.3, 0.4) is 0 Å². The first-order chi connectivity index (χ1) is 34.3. The van der Waals surface area contributed by atoms with Gasteiger partial charge in [0.05, 0.1) is 52.9 Å². The zero-order valence-corrected chi connectivity index (χ0v) is 42.5. The van der Waals surface area contributed by atoms with E-state index in [-0.39, 0.29) is 0 Å². The van der Waals surface area contributed by atoms with Crippen LogP contribution in [0.5, 0.6) is 0 Å². The minimum absolute atomic E-state index is 0.337. The summed E-state index contributed by atoms with van der Waals surface area (Å²) in [6, 6.07) is 59.4. The zero-order chi connectivity index (χ0) is 48.7. The van der Waals surface area contributed by atoms with E-state index in [9.17, 15) is 0 Å². The Kier molecular flexibility index (Phi) is 17.7. The molecule has 0 fully saturated rings. The molecule has 0 radical (unpaired) electrons. The van der Waals surface area contributed by atoms with Gasteiger partial charge in [0, 0.05) is 8.95 Å². The second-order valence-electron chi connectivity index (χ2n) is 17.1. The van der Waals surface area contributed by atoms with Crippen molar-refractivity contribution in [1.29, 1.82) is 0 Å². The highest BCUT2D eigenvalue weighted by atomic mass is 79.9. The summed E-state index contributed by atoms with van der Waals surface area (Å²) in [7, 11) is 0. The number of benzene rings is 8. The normalized spacial score (nSPS) is 11.1. The van der Waals surface area contributed by atoms with Crippen molar-refractivity contribution in [2.24, 2.45) is 0 Å². The molecule has 0 amide bonds. The van der Waals surface area contributed by atoms with Gasteiger partial charge in [-0.15, -0.1) is 0 Å². The largest absolute Gasteiger partial charge is 0.372 e. The molecular weight excluding hydrogens is 993 g/mol. The predicted octanol–water partition coefficient (Wildman–Crippen LogP) is 17.7. The minimum atomic E-state index is 0.337. The maximum atomic E-state index is 6.74. The van der Waals surface area contributed by atoms with Crippen molar-refractivity contribution in [3.63, 3.8) is 0 Å². The molecule has 0 saturated carbocycles. The molecule has 8 aromatic carbocycles. The molecule has 0 aromatic heterocycles. The zero-order valence-electron chi connectivity index (χ0n) is 39.3. The highest BCUT2D eigenvalue weighted by molar-refractivity contribution is 9.10. The Bertz CT molecular complexity index is 2820. The van der Waals surface area contributed by atoms with E-state index in [4.69, 9.17) is 18.9 Å². The van der Waals surface area contributed by atoms with E-state index in [1.54, 1.807) is 0 Å². The Hall–Kier alpha value is -6.48. The van der Waals surface area contributed by atoms with Crippen LogP contribution < -0.4 is 0 Å². The molecule has 0 atom stereocenters. The molecule has 4 nitrogen and oxygen atoms in total. The molecule has 8 aromatic rings. The Morgan fingerprint density at radius 1 is 0.300 bits per heavy atom. The second-order valence-corrected chi connectivity index (χ2v) is 19.0. The van der Waals surface area contributed by atoms with E-state index in [0.717, 1.165) is 109 Å². The molecule has 0 aliphatic rings. The van der Waals surface area contributed by atoms with Gasteiger partial charge in [0.1, 0.15) is 0 Å². The van der Waals surface area contributed by atoms with Crippen molar-refractivity contribution in [2.45, 2.75) is 52.9 Å². The third-order valence-corrected chi connectivity index (χ3v) is 13.2. The third kappa shape index (κ3) is 13.4. The van der Waals surface area contributed by atoms with Crippen LogP contribution in [-0.4, -0.2) is 0 Å². The summed E-state index contributed by atoms with van der Waals surface area (Å²) in [4.78, 5) is 0. The number of rotatable bonds is 23. The van der Waals surface area contributed by atoms with Crippen LogP contribution in [-0.2, 0) is 71.8 Å². The highest BCUT2D eigenvalue weighted by Gasteiger charge is 2.23. The Morgan fingerprint density at radius 3 is 0.829 bits per heavy atom. The summed E-state index contributed by atoms with van der Waals surface area (Å²) < 4.78 is 28.5. The first-order valence-electron chi connectivity index (χ1n) is 23.3. The van der Waals surface area contributed by atoms with Gasteiger partial charge in [0.15, 0.2) is 0 Å². The number of ether oxygens (including phenoxy) is 4. The van der Waals surface area contributed by atoms with Crippen molar-refractivity contribution in [2.75, 3.05) is 0 Å². The maximum Gasteiger partial charge on any atom is 0.0727 e. The summed E-state index contributed by atoms with van der Waals surface area (Å²) in [5.41, 5.74) is 19.1. The molecule has 70 heavy (non-hydrogen) atoms. The van der Waals surface area contributed by atoms with E-state index >= 15 is 0 Å². The summed E-state index contributed by atoms with van der Waals surface area (Å²) in [5, 5.41) is 0. The van der Waals surface area contributed by atoms with Crippen molar-refractivity contribution >= 4 is 56.2 Å². The molecule has 0 bridgehead atoms. The van der Waals surface area contributed by atoms with Crippen LogP contribution in [0.2, 0.25) is 0 Å². The fraction of sp³-hybridized carbons (Fsp3) is 0.125. The van der Waals surface area contributed by atoms with Crippen LogP contribution in [0, 0.1) is 0 Å². The molecule has 0 saturated heterocycles.